The highest BCUT2D eigenvalue weighted by Crippen LogP contribution is 2.33. The SMILES string of the molecule is Cc1nc2c(C(F)(F)F)cccc2c(=O)n1C1CCC(=O)CC1=O. The standard InChI is InChI=1S/C16H13F3N2O3/c1-8-20-14-10(3-2-4-11(14)16(17,18)19)15(24)21(8)12-6-5-9(22)7-13(12)23/h2-4,12H,5-7H2,1H3. The van der Waals surface area contributed by atoms with Crippen LogP contribution in [-0.2, 0) is 15.8 Å². The van der Waals surface area contributed by atoms with Gasteiger partial charge in [-0.05, 0) is 25.5 Å². The molecule has 0 saturated heterocycles. The van der Waals surface area contributed by atoms with E-state index in [1.165, 1.54) is 13.0 Å². The third kappa shape index (κ3) is 2.61. The Kier molecular flexibility index (Phi) is 3.77. The van der Waals surface area contributed by atoms with Crippen molar-refractivity contribution < 1.29 is 22.8 Å². The highest BCUT2D eigenvalue weighted by molar-refractivity contribution is 6.03. The summed E-state index contributed by atoms with van der Waals surface area (Å²) in [5.41, 5.74) is -2.11. The van der Waals surface area contributed by atoms with Crippen LogP contribution in [0.3, 0.4) is 0 Å². The molecule has 1 saturated carbocycles. The molecule has 126 valence electrons. The molecule has 1 aromatic carbocycles. The highest BCUT2D eigenvalue weighted by Gasteiger charge is 2.35. The summed E-state index contributed by atoms with van der Waals surface area (Å²) in [7, 11) is 0. The largest absolute Gasteiger partial charge is 0.418 e. The molecule has 1 heterocycles. The first-order valence-electron chi connectivity index (χ1n) is 7.33. The van der Waals surface area contributed by atoms with E-state index in [2.05, 4.69) is 4.98 Å². The van der Waals surface area contributed by atoms with Crippen LogP contribution < -0.4 is 5.56 Å². The van der Waals surface area contributed by atoms with Gasteiger partial charge >= 0.3 is 6.18 Å². The van der Waals surface area contributed by atoms with Gasteiger partial charge in [-0.25, -0.2) is 4.98 Å². The van der Waals surface area contributed by atoms with E-state index in [0.717, 1.165) is 16.7 Å². The molecule has 1 atom stereocenters. The molecule has 24 heavy (non-hydrogen) atoms. The van der Waals surface area contributed by atoms with Gasteiger partial charge in [-0.2, -0.15) is 13.2 Å². The number of Topliss-reactive ketones (excluding diaryl/α,β-unsaturated/α-hetero) is 2. The van der Waals surface area contributed by atoms with E-state index in [0.29, 0.717) is 0 Å². The lowest BCUT2D eigenvalue weighted by Gasteiger charge is -2.24. The molecular formula is C16H13F3N2O3. The second kappa shape index (κ2) is 5.54. The van der Waals surface area contributed by atoms with Gasteiger partial charge in [-0.15, -0.1) is 0 Å². The first-order chi connectivity index (χ1) is 11.2. The van der Waals surface area contributed by atoms with Gasteiger partial charge in [0, 0.05) is 6.42 Å². The Hall–Kier alpha value is -2.51. The highest BCUT2D eigenvalue weighted by atomic mass is 19.4. The lowest BCUT2D eigenvalue weighted by molar-refractivity contribution is -0.136. The van der Waals surface area contributed by atoms with Crippen molar-refractivity contribution in [2.24, 2.45) is 0 Å². The lowest BCUT2D eigenvalue weighted by Crippen LogP contribution is -2.36. The molecule has 1 unspecified atom stereocenters. The van der Waals surface area contributed by atoms with Gasteiger partial charge in [0.1, 0.15) is 11.6 Å². The molecule has 3 rings (SSSR count). The maximum absolute atomic E-state index is 13.1. The van der Waals surface area contributed by atoms with E-state index in [1.807, 2.05) is 0 Å². The maximum Gasteiger partial charge on any atom is 0.418 e. The molecule has 1 aromatic heterocycles. The topological polar surface area (TPSA) is 69.0 Å². The fourth-order valence-electron chi connectivity index (χ4n) is 3.06. The normalized spacial score (nSPS) is 19.1. The Morgan fingerprint density at radius 2 is 1.92 bits per heavy atom. The van der Waals surface area contributed by atoms with Gasteiger partial charge in [-0.1, -0.05) is 6.07 Å². The van der Waals surface area contributed by atoms with Crippen LogP contribution in [0.4, 0.5) is 13.2 Å². The molecule has 0 aliphatic heterocycles. The van der Waals surface area contributed by atoms with Gasteiger partial charge in [0.25, 0.3) is 5.56 Å². The summed E-state index contributed by atoms with van der Waals surface area (Å²) in [6.45, 7) is 1.39. The number of carbonyl (C=O) groups is 2. The summed E-state index contributed by atoms with van der Waals surface area (Å²) in [5, 5.41) is -0.194. The lowest BCUT2D eigenvalue weighted by atomic mass is 9.92. The van der Waals surface area contributed by atoms with Crippen LogP contribution >= 0.6 is 0 Å². The van der Waals surface area contributed by atoms with Gasteiger partial charge in [0.05, 0.1) is 28.9 Å². The number of nitrogens with zero attached hydrogens (tertiary/aromatic N) is 2. The van der Waals surface area contributed by atoms with Crippen molar-refractivity contribution in [1.29, 1.82) is 0 Å². The number of alkyl halides is 3. The average Bonchev–Trinajstić information content (AvgIpc) is 2.47. The monoisotopic (exact) mass is 338 g/mol. The summed E-state index contributed by atoms with van der Waals surface area (Å²) in [4.78, 5) is 40.0. The molecule has 1 aliphatic carbocycles. The van der Waals surface area contributed by atoms with E-state index in [-0.39, 0.29) is 36.3 Å². The zero-order chi connectivity index (χ0) is 17.6. The number of aryl methyl sites for hydroxylation is 1. The van der Waals surface area contributed by atoms with Crippen molar-refractivity contribution in [2.75, 3.05) is 0 Å². The third-order valence-electron chi connectivity index (χ3n) is 4.16. The third-order valence-corrected chi connectivity index (χ3v) is 4.16. The van der Waals surface area contributed by atoms with Gasteiger partial charge in [0.15, 0.2) is 5.78 Å². The molecule has 1 fully saturated rings. The molecule has 0 spiro atoms. The quantitative estimate of drug-likeness (QED) is 0.750. The Labute approximate surface area is 134 Å². The first-order valence-corrected chi connectivity index (χ1v) is 7.33. The van der Waals surface area contributed by atoms with Crippen LogP contribution in [0.2, 0.25) is 0 Å². The van der Waals surface area contributed by atoms with E-state index < -0.39 is 34.6 Å². The van der Waals surface area contributed by atoms with Crippen LogP contribution in [0.25, 0.3) is 10.9 Å². The fraction of sp³-hybridized carbons (Fsp3) is 0.375. The summed E-state index contributed by atoms with van der Waals surface area (Å²) in [6, 6.07) is 2.40. The van der Waals surface area contributed by atoms with E-state index in [9.17, 15) is 27.6 Å². The second-order valence-corrected chi connectivity index (χ2v) is 5.77. The summed E-state index contributed by atoms with van der Waals surface area (Å²) in [5.74, 6) is -0.587. The van der Waals surface area contributed by atoms with E-state index in [4.69, 9.17) is 0 Å². The number of hydrogen-bond donors (Lipinski definition) is 0. The molecule has 0 radical (unpaired) electrons. The predicted molar refractivity (Wildman–Crippen MR) is 78.6 cm³/mol. The molecule has 1 aliphatic rings. The number of aromatic nitrogens is 2. The molecule has 0 N–H and O–H groups in total. The second-order valence-electron chi connectivity index (χ2n) is 5.77. The Morgan fingerprint density at radius 3 is 2.54 bits per heavy atom. The van der Waals surface area contributed by atoms with Crippen molar-refractivity contribution in [2.45, 2.75) is 38.4 Å². The van der Waals surface area contributed by atoms with Crippen molar-refractivity contribution in [1.82, 2.24) is 9.55 Å². The van der Waals surface area contributed by atoms with Crippen molar-refractivity contribution in [3.8, 4) is 0 Å². The summed E-state index contributed by atoms with van der Waals surface area (Å²) in [6.07, 6.45) is -4.59. The number of fused-ring (bicyclic) bond motifs is 1. The van der Waals surface area contributed by atoms with Crippen molar-refractivity contribution in [3.63, 3.8) is 0 Å². The van der Waals surface area contributed by atoms with Crippen LogP contribution in [0.5, 0.6) is 0 Å². The fourth-order valence-corrected chi connectivity index (χ4v) is 3.06. The molecule has 0 amide bonds. The Bertz CT molecular complexity index is 915. The Balaban J connectivity index is 2.24. The van der Waals surface area contributed by atoms with Crippen LogP contribution in [-0.4, -0.2) is 21.1 Å². The number of hydrogen-bond acceptors (Lipinski definition) is 4. The van der Waals surface area contributed by atoms with Gasteiger partial charge < -0.3 is 0 Å². The Morgan fingerprint density at radius 1 is 1.21 bits per heavy atom. The molecule has 5 nitrogen and oxygen atoms in total. The van der Waals surface area contributed by atoms with E-state index in [1.54, 1.807) is 0 Å². The molecular weight excluding hydrogens is 325 g/mol. The number of carbonyl (C=O) groups excluding carboxylic acids is 2. The number of benzene rings is 1. The number of ketones is 2. The maximum atomic E-state index is 13.1. The predicted octanol–water partition coefficient (Wildman–Crippen LogP) is 2.59. The molecule has 0 bridgehead atoms. The van der Waals surface area contributed by atoms with Crippen LogP contribution in [0, 0.1) is 6.92 Å². The van der Waals surface area contributed by atoms with Crippen LogP contribution in [0.15, 0.2) is 23.0 Å². The van der Waals surface area contributed by atoms with Gasteiger partial charge in [-0.3, -0.25) is 19.0 Å². The molecule has 8 heteroatoms. The zero-order valence-electron chi connectivity index (χ0n) is 12.7. The van der Waals surface area contributed by atoms with Crippen LogP contribution in [0.1, 0.15) is 36.7 Å². The minimum atomic E-state index is -4.63. The first kappa shape index (κ1) is 16.4. The average molecular weight is 338 g/mol. The summed E-state index contributed by atoms with van der Waals surface area (Å²) < 4.78 is 40.4. The number of rotatable bonds is 1. The summed E-state index contributed by atoms with van der Waals surface area (Å²) >= 11 is 0. The smallest absolute Gasteiger partial charge is 0.299 e. The van der Waals surface area contributed by atoms with Gasteiger partial charge in [0.2, 0.25) is 0 Å². The minimum Gasteiger partial charge on any atom is -0.299 e. The van der Waals surface area contributed by atoms with Crippen molar-refractivity contribution >= 4 is 22.5 Å². The molecule has 2 aromatic rings. The van der Waals surface area contributed by atoms with Crippen molar-refractivity contribution in [3.05, 3.63) is 39.9 Å². The number of halogens is 3. The zero-order valence-corrected chi connectivity index (χ0v) is 12.7. The number of para-hydroxylation sites is 1. The minimum absolute atomic E-state index is 0.0249. The van der Waals surface area contributed by atoms with E-state index >= 15 is 0 Å².